The minimum absolute atomic E-state index is 0.0943. The van der Waals surface area contributed by atoms with Crippen LogP contribution in [0.3, 0.4) is 0 Å². The first-order valence-electron chi connectivity index (χ1n) is 5.62. The molecule has 15 heavy (non-hydrogen) atoms. The number of nitrogens with two attached hydrogens (primary N) is 1. The number of aromatic nitrogens is 1. The highest BCUT2D eigenvalue weighted by molar-refractivity contribution is 7.09. The third-order valence-electron chi connectivity index (χ3n) is 3.41. The lowest BCUT2D eigenvalue weighted by molar-refractivity contribution is 0.503. The molecule has 1 heterocycles. The zero-order valence-electron chi connectivity index (χ0n) is 9.95. The summed E-state index contributed by atoms with van der Waals surface area (Å²) in [7, 11) is 0. The van der Waals surface area contributed by atoms with E-state index in [9.17, 15) is 0 Å². The Morgan fingerprint density at radius 3 is 2.60 bits per heavy atom. The van der Waals surface area contributed by atoms with Crippen molar-refractivity contribution in [1.82, 2.24) is 4.98 Å². The van der Waals surface area contributed by atoms with Gasteiger partial charge in [-0.2, -0.15) is 0 Å². The van der Waals surface area contributed by atoms with Crippen LogP contribution >= 0.6 is 11.3 Å². The lowest BCUT2D eigenvalue weighted by atomic mass is 10.0. The highest BCUT2D eigenvalue weighted by atomic mass is 32.1. The minimum atomic E-state index is 0.0943. The maximum Gasteiger partial charge on any atom is 0.0965 e. The highest BCUT2D eigenvalue weighted by Crippen LogP contribution is 2.59. The molecule has 0 aliphatic heterocycles. The maximum atomic E-state index is 6.08. The fraction of sp³-hybridized carbons (Fsp3) is 0.750. The lowest BCUT2D eigenvalue weighted by Gasteiger charge is -2.12. The smallest absolute Gasteiger partial charge is 0.0965 e. The standard InChI is InChI=1S/C12H20N2S/c1-7(2)10(13)9-6-15-11(14-9)8-5-12(8,3)4/h6-8,10H,5,13H2,1-4H3. The van der Waals surface area contributed by atoms with E-state index in [2.05, 4.69) is 38.1 Å². The van der Waals surface area contributed by atoms with Gasteiger partial charge >= 0.3 is 0 Å². The van der Waals surface area contributed by atoms with Crippen LogP contribution in [0.4, 0.5) is 0 Å². The summed E-state index contributed by atoms with van der Waals surface area (Å²) >= 11 is 1.78. The second-order valence-electron chi connectivity index (χ2n) is 5.63. The van der Waals surface area contributed by atoms with Gasteiger partial charge in [0.15, 0.2) is 0 Å². The Balaban J connectivity index is 2.12. The van der Waals surface area contributed by atoms with Crippen molar-refractivity contribution < 1.29 is 0 Å². The van der Waals surface area contributed by atoms with Gasteiger partial charge in [0.1, 0.15) is 0 Å². The van der Waals surface area contributed by atoms with E-state index in [-0.39, 0.29) is 6.04 Å². The third-order valence-corrected chi connectivity index (χ3v) is 4.39. The molecule has 0 amide bonds. The molecule has 1 fully saturated rings. The number of hydrogen-bond acceptors (Lipinski definition) is 3. The first-order valence-corrected chi connectivity index (χ1v) is 6.50. The van der Waals surface area contributed by atoms with Crippen LogP contribution in [-0.4, -0.2) is 4.98 Å². The zero-order valence-corrected chi connectivity index (χ0v) is 10.8. The van der Waals surface area contributed by atoms with Gasteiger partial charge in [-0.05, 0) is 17.8 Å². The molecule has 1 aliphatic carbocycles. The first-order chi connectivity index (χ1) is 6.92. The molecule has 1 aliphatic rings. The maximum absolute atomic E-state index is 6.08. The molecule has 3 heteroatoms. The molecule has 2 N–H and O–H groups in total. The summed E-state index contributed by atoms with van der Waals surface area (Å²) in [5.74, 6) is 1.14. The number of thiazole rings is 1. The first kappa shape index (κ1) is 11.1. The van der Waals surface area contributed by atoms with Crippen molar-refractivity contribution in [3.8, 4) is 0 Å². The van der Waals surface area contributed by atoms with Gasteiger partial charge < -0.3 is 5.73 Å². The van der Waals surface area contributed by atoms with Crippen LogP contribution in [0.1, 0.15) is 56.8 Å². The summed E-state index contributed by atoms with van der Waals surface area (Å²) in [5, 5.41) is 3.42. The molecular weight excluding hydrogens is 204 g/mol. The molecule has 0 spiro atoms. The largest absolute Gasteiger partial charge is 0.322 e. The van der Waals surface area contributed by atoms with Crippen molar-refractivity contribution in [2.45, 2.75) is 46.1 Å². The molecular formula is C12H20N2S. The number of hydrogen-bond donors (Lipinski definition) is 1. The summed E-state index contributed by atoms with van der Waals surface area (Å²) in [6.07, 6.45) is 1.27. The SMILES string of the molecule is CC(C)C(N)c1csc(C2CC2(C)C)n1. The molecule has 0 saturated heterocycles. The Hall–Kier alpha value is -0.410. The van der Waals surface area contributed by atoms with E-state index in [0.717, 1.165) is 5.69 Å². The van der Waals surface area contributed by atoms with Crippen molar-refractivity contribution in [2.24, 2.45) is 17.1 Å². The molecule has 2 unspecified atom stereocenters. The normalized spacial score (nSPS) is 25.6. The van der Waals surface area contributed by atoms with Crippen LogP contribution in [0, 0.1) is 11.3 Å². The quantitative estimate of drug-likeness (QED) is 0.855. The molecule has 0 radical (unpaired) electrons. The molecule has 2 rings (SSSR count). The predicted molar refractivity (Wildman–Crippen MR) is 65.0 cm³/mol. The molecule has 2 nitrogen and oxygen atoms in total. The van der Waals surface area contributed by atoms with Crippen molar-refractivity contribution >= 4 is 11.3 Å². The Kier molecular flexibility index (Phi) is 2.63. The van der Waals surface area contributed by atoms with E-state index in [4.69, 9.17) is 5.73 Å². The Bertz CT molecular complexity index is 338. The second-order valence-corrected chi connectivity index (χ2v) is 6.52. The Morgan fingerprint density at radius 2 is 2.13 bits per heavy atom. The van der Waals surface area contributed by atoms with E-state index in [0.29, 0.717) is 17.3 Å². The summed E-state index contributed by atoms with van der Waals surface area (Å²) < 4.78 is 0. The molecule has 0 aromatic carbocycles. The van der Waals surface area contributed by atoms with Gasteiger partial charge in [-0.25, -0.2) is 4.98 Å². The van der Waals surface area contributed by atoms with Gasteiger partial charge in [0.25, 0.3) is 0 Å². The third kappa shape index (κ3) is 2.08. The van der Waals surface area contributed by atoms with Crippen molar-refractivity contribution in [2.75, 3.05) is 0 Å². The van der Waals surface area contributed by atoms with Gasteiger partial charge in [-0.3, -0.25) is 0 Å². The van der Waals surface area contributed by atoms with E-state index in [1.54, 1.807) is 11.3 Å². The average molecular weight is 224 g/mol. The molecule has 0 bridgehead atoms. The van der Waals surface area contributed by atoms with Gasteiger partial charge in [-0.15, -0.1) is 11.3 Å². The van der Waals surface area contributed by atoms with Gasteiger partial charge in [0.05, 0.1) is 16.7 Å². The van der Waals surface area contributed by atoms with Crippen molar-refractivity contribution in [3.63, 3.8) is 0 Å². The van der Waals surface area contributed by atoms with Crippen molar-refractivity contribution in [3.05, 3.63) is 16.1 Å². The van der Waals surface area contributed by atoms with Crippen LogP contribution in [0.2, 0.25) is 0 Å². The molecule has 1 aromatic rings. The topological polar surface area (TPSA) is 38.9 Å². The van der Waals surface area contributed by atoms with E-state index in [1.165, 1.54) is 11.4 Å². The predicted octanol–water partition coefficient (Wildman–Crippen LogP) is 3.31. The average Bonchev–Trinajstić information content (AvgIpc) is 2.64. The zero-order chi connectivity index (χ0) is 11.2. The monoisotopic (exact) mass is 224 g/mol. The Morgan fingerprint density at radius 1 is 1.53 bits per heavy atom. The number of nitrogens with zero attached hydrogens (tertiary/aromatic N) is 1. The van der Waals surface area contributed by atoms with Crippen LogP contribution in [0.25, 0.3) is 0 Å². The summed E-state index contributed by atoms with van der Waals surface area (Å²) in [6.45, 7) is 8.90. The summed E-state index contributed by atoms with van der Waals surface area (Å²) in [5.41, 5.74) is 7.63. The summed E-state index contributed by atoms with van der Waals surface area (Å²) in [4.78, 5) is 4.68. The van der Waals surface area contributed by atoms with Crippen LogP contribution in [-0.2, 0) is 0 Å². The van der Waals surface area contributed by atoms with E-state index < -0.39 is 0 Å². The fourth-order valence-electron chi connectivity index (χ4n) is 1.84. The fourth-order valence-corrected chi connectivity index (χ4v) is 3.02. The second kappa shape index (κ2) is 3.56. The van der Waals surface area contributed by atoms with E-state index in [1.807, 2.05) is 0 Å². The minimum Gasteiger partial charge on any atom is -0.322 e. The van der Waals surface area contributed by atoms with Crippen LogP contribution in [0.5, 0.6) is 0 Å². The Labute approximate surface area is 95.9 Å². The molecule has 1 aromatic heterocycles. The molecule has 1 saturated carbocycles. The van der Waals surface area contributed by atoms with Gasteiger partial charge in [0.2, 0.25) is 0 Å². The lowest BCUT2D eigenvalue weighted by Crippen LogP contribution is -2.17. The van der Waals surface area contributed by atoms with Crippen LogP contribution < -0.4 is 5.73 Å². The molecule has 84 valence electrons. The molecule has 2 atom stereocenters. The number of rotatable bonds is 3. The highest BCUT2D eigenvalue weighted by Gasteiger charge is 2.48. The van der Waals surface area contributed by atoms with E-state index >= 15 is 0 Å². The van der Waals surface area contributed by atoms with Gasteiger partial charge in [0, 0.05) is 11.3 Å². The van der Waals surface area contributed by atoms with Gasteiger partial charge in [-0.1, -0.05) is 27.7 Å². The summed E-state index contributed by atoms with van der Waals surface area (Å²) in [6, 6.07) is 0.0943. The van der Waals surface area contributed by atoms with Crippen LogP contribution in [0.15, 0.2) is 5.38 Å². The van der Waals surface area contributed by atoms with Crippen molar-refractivity contribution in [1.29, 1.82) is 0 Å².